The number of hydrogen-bond acceptors (Lipinski definition) is 6. The van der Waals surface area contributed by atoms with Crippen LogP contribution in [0.1, 0.15) is 40.3 Å². The normalized spacial score (nSPS) is 17.6. The minimum Gasteiger partial charge on any atom is -0.494 e. The predicted molar refractivity (Wildman–Crippen MR) is 177 cm³/mol. The van der Waals surface area contributed by atoms with E-state index in [0.717, 1.165) is 22.2 Å². The zero-order chi connectivity index (χ0) is 33.6. The third-order valence-electron chi connectivity index (χ3n) is 7.47. The number of amides is 1. The van der Waals surface area contributed by atoms with Gasteiger partial charge < -0.3 is 14.6 Å². The Morgan fingerprint density at radius 1 is 1.02 bits per heavy atom. The third kappa shape index (κ3) is 8.28. The smallest absolute Gasteiger partial charge is 0.416 e. The summed E-state index contributed by atoms with van der Waals surface area (Å²) in [6.07, 6.45) is -4.90. The molecular weight excluding hydrogens is 722 g/mol. The molecule has 3 N–H and O–H groups in total. The Labute approximate surface area is 287 Å². The van der Waals surface area contributed by atoms with Crippen LogP contribution < -0.4 is 15.6 Å². The lowest BCUT2D eigenvalue weighted by Gasteiger charge is -2.31. The van der Waals surface area contributed by atoms with Gasteiger partial charge in [-0.2, -0.15) is 13.2 Å². The molecule has 0 saturated carbocycles. The van der Waals surface area contributed by atoms with Crippen molar-refractivity contribution in [3.63, 3.8) is 0 Å². The van der Waals surface area contributed by atoms with Crippen LogP contribution in [-0.4, -0.2) is 35.7 Å². The quantitative estimate of drug-likeness (QED) is 0.101. The second-order valence-corrected chi connectivity index (χ2v) is 12.4. The zero-order valence-electron chi connectivity index (χ0n) is 24.7. The van der Waals surface area contributed by atoms with E-state index in [1.807, 2.05) is 24.3 Å². The van der Waals surface area contributed by atoms with Crippen molar-refractivity contribution in [1.29, 1.82) is 0 Å². The number of rotatable bonds is 12. The maximum Gasteiger partial charge on any atom is 0.416 e. The standard InChI is InChI=1S/C34H29BrCl2F3N3O4/c35-28-5-2-1-4-23(28)19-33(32(45)43-41-20-21-6-10-24(11-7-21)34(38,39)40)30(27-15-12-25(36)18-29(27)37)47-31(42-33)22-8-13-26(14-9-22)46-17-3-16-44/h1-2,4-15,18,30,41,44H,3,16-17,19-20H2,(H,43,45)/t30-,33-/m0/s1. The van der Waals surface area contributed by atoms with Crippen LogP contribution in [0.3, 0.4) is 0 Å². The maximum absolute atomic E-state index is 14.4. The van der Waals surface area contributed by atoms with Crippen molar-refractivity contribution in [1.82, 2.24) is 10.9 Å². The van der Waals surface area contributed by atoms with Gasteiger partial charge in [0.2, 0.25) is 5.90 Å². The second-order valence-electron chi connectivity index (χ2n) is 10.7. The molecule has 1 aliphatic heterocycles. The molecule has 0 radical (unpaired) electrons. The molecule has 13 heteroatoms. The topological polar surface area (TPSA) is 92.2 Å². The van der Waals surface area contributed by atoms with Gasteiger partial charge in [0.25, 0.3) is 5.91 Å². The number of aliphatic imine (C=N–C) groups is 1. The van der Waals surface area contributed by atoms with E-state index in [1.165, 1.54) is 12.1 Å². The number of alkyl halides is 3. The molecule has 0 bridgehead atoms. The van der Waals surface area contributed by atoms with E-state index in [2.05, 4.69) is 26.8 Å². The van der Waals surface area contributed by atoms with Crippen LogP contribution in [0.5, 0.6) is 5.75 Å². The highest BCUT2D eigenvalue weighted by atomic mass is 79.9. The molecule has 4 aromatic rings. The summed E-state index contributed by atoms with van der Waals surface area (Å²) < 4.78 is 52.0. The predicted octanol–water partition coefficient (Wildman–Crippen LogP) is 7.86. The Hall–Kier alpha value is -3.61. The maximum atomic E-state index is 14.4. The lowest BCUT2D eigenvalue weighted by atomic mass is 9.82. The van der Waals surface area contributed by atoms with Crippen molar-refractivity contribution in [2.24, 2.45) is 4.99 Å². The van der Waals surface area contributed by atoms with Gasteiger partial charge in [-0.05, 0) is 65.7 Å². The molecule has 1 amide bonds. The number of aliphatic hydroxyl groups is 1. The molecule has 4 aromatic carbocycles. The number of ether oxygens (including phenoxy) is 2. The van der Waals surface area contributed by atoms with E-state index in [1.54, 1.807) is 42.5 Å². The van der Waals surface area contributed by atoms with Gasteiger partial charge in [-0.15, -0.1) is 0 Å². The molecule has 0 aliphatic carbocycles. The Morgan fingerprint density at radius 3 is 2.40 bits per heavy atom. The number of nitrogens with zero attached hydrogens (tertiary/aromatic N) is 1. The molecule has 0 saturated heterocycles. The Kier molecular flexibility index (Phi) is 11.1. The van der Waals surface area contributed by atoms with Crippen molar-refractivity contribution in [3.8, 4) is 5.75 Å². The number of hydrogen-bond donors (Lipinski definition) is 3. The van der Waals surface area contributed by atoms with E-state index in [-0.39, 0.29) is 30.5 Å². The van der Waals surface area contributed by atoms with Gasteiger partial charge in [-0.3, -0.25) is 10.2 Å². The van der Waals surface area contributed by atoms with Gasteiger partial charge in [0.1, 0.15) is 5.75 Å². The summed E-state index contributed by atoms with van der Waals surface area (Å²) in [7, 11) is 0. The molecule has 0 aromatic heterocycles. The van der Waals surface area contributed by atoms with Gasteiger partial charge in [0.05, 0.1) is 12.2 Å². The van der Waals surface area contributed by atoms with E-state index in [9.17, 15) is 18.0 Å². The molecule has 2 atom stereocenters. The van der Waals surface area contributed by atoms with Crippen LogP contribution in [-0.2, 0) is 28.7 Å². The Balaban J connectivity index is 1.51. The molecule has 1 aliphatic rings. The zero-order valence-corrected chi connectivity index (χ0v) is 27.8. The van der Waals surface area contributed by atoms with Gasteiger partial charge in [-0.25, -0.2) is 10.4 Å². The van der Waals surface area contributed by atoms with Crippen LogP contribution in [0.4, 0.5) is 13.2 Å². The number of carbonyl (C=O) groups is 1. The second kappa shape index (κ2) is 15.1. The fourth-order valence-electron chi connectivity index (χ4n) is 5.05. The first kappa shape index (κ1) is 34.7. The molecule has 0 spiro atoms. The van der Waals surface area contributed by atoms with Gasteiger partial charge in [0.15, 0.2) is 11.6 Å². The average molecular weight is 751 g/mol. The summed E-state index contributed by atoms with van der Waals surface area (Å²) in [5.74, 6) is 0.214. The van der Waals surface area contributed by atoms with Crippen LogP contribution in [0, 0.1) is 0 Å². The molecule has 47 heavy (non-hydrogen) atoms. The summed E-state index contributed by atoms with van der Waals surface area (Å²) in [5, 5.41) is 9.71. The first-order valence-corrected chi connectivity index (χ1v) is 16.0. The molecule has 246 valence electrons. The van der Waals surface area contributed by atoms with Crippen LogP contribution in [0.2, 0.25) is 10.0 Å². The van der Waals surface area contributed by atoms with Crippen molar-refractivity contribution in [3.05, 3.63) is 133 Å². The van der Waals surface area contributed by atoms with Crippen LogP contribution in [0.25, 0.3) is 0 Å². The molecule has 1 heterocycles. The van der Waals surface area contributed by atoms with Crippen LogP contribution >= 0.6 is 39.1 Å². The molecule has 7 nitrogen and oxygen atoms in total. The lowest BCUT2D eigenvalue weighted by molar-refractivity contribution is -0.137. The highest BCUT2D eigenvalue weighted by molar-refractivity contribution is 9.10. The molecular formula is C34H29BrCl2F3N3O4. The van der Waals surface area contributed by atoms with E-state index >= 15 is 0 Å². The van der Waals surface area contributed by atoms with Gasteiger partial charge >= 0.3 is 6.18 Å². The highest BCUT2D eigenvalue weighted by Gasteiger charge is 2.54. The molecule has 5 rings (SSSR count). The summed E-state index contributed by atoms with van der Waals surface area (Å²) in [5.41, 5.74) is 5.51. The summed E-state index contributed by atoms with van der Waals surface area (Å²) in [6.45, 7) is 0.397. The SMILES string of the molecule is O=C(NNCc1ccc(C(F)(F)F)cc1)[C@@]1(Cc2ccccc2Br)N=C(c2ccc(OCCCO)cc2)O[C@H]1c1ccc(Cl)cc1Cl. The largest absolute Gasteiger partial charge is 0.494 e. The monoisotopic (exact) mass is 749 g/mol. The summed E-state index contributed by atoms with van der Waals surface area (Å²) >= 11 is 16.5. The number of aliphatic hydroxyl groups excluding tert-OH is 1. The number of carbonyl (C=O) groups excluding carboxylic acids is 1. The Bertz CT molecular complexity index is 1740. The number of halogens is 6. The van der Waals surface area contributed by atoms with Crippen molar-refractivity contribution < 1.29 is 32.5 Å². The third-order valence-corrected chi connectivity index (χ3v) is 8.80. The highest BCUT2D eigenvalue weighted by Crippen LogP contribution is 2.45. The van der Waals surface area contributed by atoms with Crippen LogP contribution in [0.15, 0.2) is 100 Å². The Morgan fingerprint density at radius 2 is 1.74 bits per heavy atom. The fraction of sp³-hybridized carbons (Fsp3) is 0.235. The van der Waals surface area contributed by atoms with Crippen molar-refractivity contribution >= 4 is 50.9 Å². The van der Waals surface area contributed by atoms with E-state index < -0.39 is 29.3 Å². The summed E-state index contributed by atoms with van der Waals surface area (Å²) in [4.78, 5) is 19.3. The number of nitrogens with one attached hydrogen (secondary N) is 2. The minimum absolute atomic E-state index is 0.0121. The van der Waals surface area contributed by atoms with E-state index in [0.29, 0.717) is 40.5 Å². The number of benzene rings is 4. The lowest BCUT2D eigenvalue weighted by Crippen LogP contribution is -2.53. The fourth-order valence-corrected chi connectivity index (χ4v) is 5.98. The molecule has 0 unspecified atom stereocenters. The first-order chi connectivity index (χ1) is 22.5. The summed E-state index contributed by atoms with van der Waals surface area (Å²) in [6, 6.07) is 23.9. The molecule has 0 fully saturated rings. The average Bonchev–Trinajstić information content (AvgIpc) is 3.42. The van der Waals surface area contributed by atoms with Crippen molar-refractivity contribution in [2.75, 3.05) is 13.2 Å². The van der Waals surface area contributed by atoms with Gasteiger partial charge in [0, 0.05) is 51.6 Å². The number of hydrazine groups is 1. The van der Waals surface area contributed by atoms with E-state index in [4.69, 9.17) is 42.8 Å². The minimum atomic E-state index is -4.46. The van der Waals surface area contributed by atoms with Crippen molar-refractivity contribution in [2.45, 2.75) is 37.2 Å². The first-order valence-electron chi connectivity index (χ1n) is 14.5. The van der Waals surface area contributed by atoms with Gasteiger partial charge in [-0.1, -0.05) is 75.5 Å².